The van der Waals surface area contributed by atoms with E-state index in [0.29, 0.717) is 19.5 Å². The lowest BCUT2D eigenvalue weighted by Crippen LogP contribution is -2.41. The molecule has 1 amide bonds. The van der Waals surface area contributed by atoms with Crippen molar-refractivity contribution in [2.75, 3.05) is 13.1 Å². The molecular formula is C13H18ClN3O. The summed E-state index contributed by atoms with van der Waals surface area (Å²) in [5, 5.41) is 6.75. The molecule has 1 saturated heterocycles. The SMILES string of the molecule is NC1CNC(C(=O)NCCc2ccccc2Cl)C1. The summed E-state index contributed by atoms with van der Waals surface area (Å²) in [6.45, 7) is 1.30. The van der Waals surface area contributed by atoms with Crippen molar-refractivity contribution in [3.8, 4) is 0 Å². The summed E-state index contributed by atoms with van der Waals surface area (Å²) in [5.41, 5.74) is 6.79. The molecule has 0 radical (unpaired) electrons. The Morgan fingerprint density at radius 2 is 2.28 bits per heavy atom. The number of rotatable bonds is 4. The highest BCUT2D eigenvalue weighted by molar-refractivity contribution is 6.31. The minimum absolute atomic E-state index is 0.0232. The van der Waals surface area contributed by atoms with Gasteiger partial charge in [-0.15, -0.1) is 0 Å². The van der Waals surface area contributed by atoms with E-state index in [1.807, 2.05) is 24.3 Å². The van der Waals surface area contributed by atoms with E-state index in [0.717, 1.165) is 17.0 Å². The van der Waals surface area contributed by atoms with Crippen molar-refractivity contribution >= 4 is 17.5 Å². The Bertz CT molecular complexity index is 424. The summed E-state index contributed by atoms with van der Waals surface area (Å²) in [7, 11) is 0. The lowest BCUT2D eigenvalue weighted by molar-refractivity contribution is -0.122. The van der Waals surface area contributed by atoms with E-state index in [2.05, 4.69) is 10.6 Å². The Labute approximate surface area is 112 Å². The van der Waals surface area contributed by atoms with Crippen molar-refractivity contribution in [2.24, 2.45) is 5.73 Å². The zero-order chi connectivity index (χ0) is 13.0. The second-order valence-electron chi connectivity index (χ2n) is 4.59. The Morgan fingerprint density at radius 1 is 1.50 bits per heavy atom. The standard InChI is InChI=1S/C13H18ClN3O/c14-11-4-2-1-3-9(11)5-6-16-13(18)12-7-10(15)8-17-12/h1-4,10,12,17H,5-8,15H2,(H,16,18). The Balaban J connectivity index is 1.75. The van der Waals surface area contributed by atoms with E-state index in [-0.39, 0.29) is 18.0 Å². The van der Waals surface area contributed by atoms with E-state index < -0.39 is 0 Å². The molecule has 18 heavy (non-hydrogen) atoms. The van der Waals surface area contributed by atoms with E-state index in [9.17, 15) is 4.79 Å². The fraction of sp³-hybridized carbons (Fsp3) is 0.462. The summed E-state index contributed by atoms with van der Waals surface area (Å²) in [5.74, 6) is 0.0232. The van der Waals surface area contributed by atoms with Gasteiger partial charge in [-0.1, -0.05) is 29.8 Å². The van der Waals surface area contributed by atoms with Crippen LogP contribution in [0.15, 0.2) is 24.3 Å². The van der Waals surface area contributed by atoms with Crippen LogP contribution in [0, 0.1) is 0 Å². The predicted molar refractivity (Wildman–Crippen MR) is 72.5 cm³/mol. The topological polar surface area (TPSA) is 67.1 Å². The average Bonchev–Trinajstić information content (AvgIpc) is 2.78. The van der Waals surface area contributed by atoms with E-state index in [1.54, 1.807) is 0 Å². The molecule has 0 aromatic heterocycles. The molecule has 0 aliphatic carbocycles. The molecule has 0 bridgehead atoms. The molecule has 2 unspecified atom stereocenters. The summed E-state index contributed by atoms with van der Waals surface area (Å²) in [6.07, 6.45) is 1.45. The van der Waals surface area contributed by atoms with Gasteiger partial charge in [-0.3, -0.25) is 4.79 Å². The van der Waals surface area contributed by atoms with Gasteiger partial charge in [-0.05, 0) is 24.5 Å². The monoisotopic (exact) mass is 267 g/mol. The normalized spacial score (nSPS) is 23.0. The molecule has 2 atom stereocenters. The van der Waals surface area contributed by atoms with Gasteiger partial charge in [0.2, 0.25) is 5.91 Å². The highest BCUT2D eigenvalue weighted by Crippen LogP contribution is 2.14. The lowest BCUT2D eigenvalue weighted by Gasteiger charge is -2.11. The second kappa shape index (κ2) is 6.18. The fourth-order valence-corrected chi connectivity index (χ4v) is 2.34. The van der Waals surface area contributed by atoms with Crippen LogP contribution < -0.4 is 16.4 Å². The summed E-state index contributed by atoms with van der Waals surface area (Å²) >= 11 is 6.04. The maximum absolute atomic E-state index is 11.8. The molecule has 98 valence electrons. The van der Waals surface area contributed by atoms with Crippen LogP contribution >= 0.6 is 11.6 Å². The molecule has 1 fully saturated rings. The predicted octanol–water partition coefficient (Wildman–Crippen LogP) is 0.688. The van der Waals surface area contributed by atoms with Crippen LogP contribution in [-0.2, 0) is 11.2 Å². The molecule has 1 aliphatic heterocycles. The Morgan fingerprint density at radius 3 is 2.94 bits per heavy atom. The molecular weight excluding hydrogens is 250 g/mol. The summed E-state index contributed by atoms with van der Waals surface area (Å²) in [4.78, 5) is 11.8. The zero-order valence-corrected chi connectivity index (χ0v) is 10.9. The van der Waals surface area contributed by atoms with Gasteiger partial charge in [-0.2, -0.15) is 0 Å². The number of hydrogen-bond acceptors (Lipinski definition) is 3. The molecule has 1 aromatic rings. The van der Waals surface area contributed by atoms with Gasteiger partial charge in [-0.25, -0.2) is 0 Å². The quantitative estimate of drug-likeness (QED) is 0.752. The van der Waals surface area contributed by atoms with Crippen molar-refractivity contribution in [3.05, 3.63) is 34.9 Å². The summed E-state index contributed by atoms with van der Waals surface area (Å²) < 4.78 is 0. The molecule has 1 aromatic carbocycles. The minimum Gasteiger partial charge on any atom is -0.354 e. The maximum atomic E-state index is 11.8. The number of carbonyl (C=O) groups is 1. The van der Waals surface area contributed by atoms with Crippen LogP contribution in [0.3, 0.4) is 0 Å². The van der Waals surface area contributed by atoms with E-state index in [1.165, 1.54) is 0 Å². The van der Waals surface area contributed by atoms with Crippen molar-refractivity contribution < 1.29 is 4.79 Å². The zero-order valence-electron chi connectivity index (χ0n) is 10.2. The minimum atomic E-state index is -0.147. The molecule has 0 spiro atoms. The molecule has 0 saturated carbocycles. The highest BCUT2D eigenvalue weighted by Gasteiger charge is 2.26. The molecule has 2 rings (SSSR count). The van der Waals surface area contributed by atoms with Gasteiger partial charge in [0.15, 0.2) is 0 Å². The third-order valence-electron chi connectivity index (χ3n) is 3.13. The largest absolute Gasteiger partial charge is 0.354 e. The maximum Gasteiger partial charge on any atom is 0.237 e. The third kappa shape index (κ3) is 3.45. The molecule has 5 heteroatoms. The van der Waals surface area contributed by atoms with Crippen molar-refractivity contribution in [3.63, 3.8) is 0 Å². The summed E-state index contributed by atoms with van der Waals surface area (Å²) in [6, 6.07) is 7.61. The van der Waals surface area contributed by atoms with Crippen molar-refractivity contribution in [1.82, 2.24) is 10.6 Å². The number of nitrogens with two attached hydrogens (primary N) is 1. The van der Waals surface area contributed by atoms with Crippen molar-refractivity contribution in [1.29, 1.82) is 0 Å². The fourth-order valence-electron chi connectivity index (χ4n) is 2.11. The molecule has 1 heterocycles. The first-order valence-corrected chi connectivity index (χ1v) is 6.54. The number of benzene rings is 1. The van der Waals surface area contributed by atoms with Crippen LogP contribution in [0.4, 0.5) is 0 Å². The molecule has 4 N–H and O–H groups in total. The van der Waals surface area contributed by atoms with Gasteiger partial charge >= 0.3 is 0 Å². The first kappa shape index (κ1) is 13.3. The van der Waals surface area contributed by atoms with E-state index in [4.69, 9.17) is 17.3 Å². The van der Waals surface area contributed by atoms with Gasteiger partial charge in [0.25, 0.3) is 0 Å². The number of nitrogens with one attached hydrogen (secondary N) is 2. The van der Waals surface area contributed by atoms with Crippen LogP contribution in [0.25, 0.3) is 0 Å². The number of hydrogen-bond donors (Lipinski definition) is 3. The number of halogens is 1. The van der Waals surface area contributed by atoms with Gasteiger partial charge < -0.3 is 16.4 Å². The van der Waals surface area contributed by atoms with Crippen LogP contribution in [0.2, 0.25) is 5.02 Å². The molecule has 4 nitrogen and oxygen atoms in total. The number of carbonyl (C=O) groups excluding carboxylic acids is 1. The van der Waals surface area contributed by atoms with Gasteiger partial charge in [0, 0.05) is 24.2 Å². The third-order valence-corrected chi connectivity index (χ3v) is 3.50. The smallest absolute Gasteiger partial charge is 0.237 e. The van der Waals surface area contributed by atoms with Crippen molar-refractivity contribution in [2.45, 2.75) is 24.9 Å². The average molecular weight is 268 g/mol. The Kier molecular flexibility index (Phi) is 4.58. The second-order valence-corrected chi connectivity index (χ2v) is 5.00. The first-order valence-electron chi connectivity index (χ1n) is 6.17. The van der Waals surface area contributed by atoms with Crippen LogP contribution in [0.5, 0.6) is 0 Å². The first-order chi connectivity index (χ1) is 8.66. The lowest BCUT2D eigenvalue weighted by atomic mass is 10.1. The van der Waals surface area contributed by atoms with Crippen LogP contribution in [-0.4, -0.2) is 31.1 Å². The van der Waals surface area contributed by atoms with Crippen LogP contribution in [0.1, 0.15) is 12.0 Å². The number of amides is 1. The Hall–Kier alpha value is -1.10. The molecule has 1 aliphatic rings. The van der Waals surface area contributed by atoms with Gasteiger partial charge in [0.05, 0.1) is 6.04 Å². The highest BCUT2D eigenvalue weighted by atomic mass is 35.5. The van der Waals surface area contributed by atoms with Gasteiger partial charge in [0.1, 0.15) is 0 Å². The van der Waals surface area contributed by atoms with E-state index >= 15 is 0 Å².